The molecule has 2 aromatic carbocycles. The summed E-state index contributed by atoms with van der Waals surface area (Å²) in [6, 6.07) is 13.6. The van der Waals surface area contributed by atoms with Gasteiger partial charge in [-0.3, -0.25) is 14.8 Å². The Balaban J connectivity index is 1.63. The number of amides is 1. The van der Waals surface area contributed by atoms with Gasteiger partial charge >= 0.3 is 0 Å². The van der Waals surface area contributed by atoms with Crippen molar-refractivity contribution in [3.05, 3.63) is 95.2 Å². The Morgan fingerprint density at radius 1 is 1.06 bits per heavy atom. The van der Waals surface area contributed by atoms with Crippen LogP contribution in [-0.4, -0.2) is 31.1 Å². The van der Waals surface area contributed by atoms with E-state index in [2.05, 4.69) is 21.0 Å². The van der Waals surface area contributed by atoms with Gasteiger partial charge < -0.3 is 15.1 Å². The van der Waals surface area contributed by atoms with Crippen LogP contribution in [0.5, 0.6) is 11.5 Å². The number of phenols is 2. The van der Waals surface area contributed by atoms with Gasteiger partial charge in [0, 0.05) is 35.9 Å². The molecule has 0 saturated heterocycles. The van der Waals surface area contributed by atoms with Crippen LogP contribution in [-0.2, 0) is 6.42 Å². The third kappa shape index (κ3) is 3.85. The third-order valence-electron chi connectivity index (χ3n) is 6.19. The standard InChI is InChI=1S/C27H24N4O3/c1-16-14-29-17(2)26(30-16)19-6-10-23-18(12-19)5-9-24(20-4-3-11-28-15-20)31(23)27(34)22-8-7-21(32)13-25(22)33/h3-4,6-8,10-15,24,32-33H,5,9H2,1-2H3. The second-order valence-corrected chi connectivity index (χ2v) is 8.51. The first-order chi connectivity index (χ1) is 16.4. The van der Waals surface area contributed by atoms with Crippen molar-refractivity contribution >= 4 is 11.6 Å². The van der Waals surface area contributed by atoms with Crippen LogP contribution in [0.25, 0.3) is 11.3 Å². The predicted molar refractivity (Wildman–Crippen MR) is 129 cm³/mol. The molecule has 1 atom stereocenters. The van der Waals surface area contributed by atoms with Gasteiger partial charge in [0.05, 0.1) is 28.7 Å². The number of fused-ring (bicyclic) bond motifs is 1. The summed E-state index contributed by atoms with van der Waals surface area (Å²) < 4.78 is 0. The first-order valence-corrected chi connectivity index (χ1v) is 11.1. The number of rotatable bonds is 3. The third-order valence-corrected chi connectivity index (χ3v) is 6.19. The molecule has 5 rings (SSSR count). The molecule has 0 radical (unpaired) electrons. The molecule has 4 aromatic rings. The highest BCUT2D eigenvalue weighted by Crippen LogP contribution is 2.42. The van der Waals surface area contributed by atoms with Crippen LogP contribution in [0, 0.1) is 13.8 Å². The number of benzene rings is 2. The van der Waals surface area contributed by atoms with Crippen molar-refractivity contribution in [1.29, 1.82) is 0 Å². The van der Waals surface area contributed by atoms with Gasteiger partial charge in [0.25, 0.3) is 5.91 Å². The Bertz CT molecular complexity index is 1390. The quantitative estimate of drug-likeness (QED) is 0.459. The van der Waals surface area contributed by atoms with Gasteiger partial charge in [-0.15, -0.1) is 0 Å². The molecule has 0 spiro atoms. The van der Waals surface area contributed by atoms with Crippen LogP contribution >= 0.6 is 0 Å². The topological polar surface area (TPSA) is 99.4 Å². The molecule has 7 nitrogen and oxygen atoms in total. The van der Waals surface area contributed by atoms with Crippen LogP contribution < -0.4 is 4.90 Å². The van der Waals surface area contributed by atoms with E-state index in [0.717, 1.165) is 45.9 Å². The lowest BCUT2D eigenvalue weighted by Gasteiger charge is -2.38. The number of pyridine rings is 1. The molecule has 1 unspecified atom stereocenters. The summed E-state index contributed by atoms with van der Waals surface area (Å²) >= 11 is 0. The molecule has 7 heteroatoms. The van der Waals surface area contributed by atoms with Gasteiger partial charge in [-0.2, -0.15) is 0 Å². The number of nitrogens with zero attached hydrogens (tertiary/aromatic N) is 4. The fraction of sp³-hybridized carbons (Fsp3) is 0.185. The smallest absolute Gasteiger partial charge is 0.262 e. The van der Waals surface area contributed by atoms with Gasteiger partial charge in [-0.1, -0.05) is 12.1 Å². The average molecular weight is 453 g/mol. The molecule has 0 bridgehead atoms. The van der Waals surface area contributed by atoms with Crippen LogP contribution in [0.3, 0.4) is 0 Å². The van der Waals surface area contributed by atoms with E-state index in [-0.39, 0.29) is 29.0 Å². The molecule has 170 valence electrons. The Kier molecular flexibility index (Phi) is 5.45. The summed E-state index contributed by atoms with van der Waals surface area (Å²) in [6.07, 6.45) is 6.69. The lowest BCUT2D eigenvalue weighted by molar-refractivity contribution is 0.0970. The highest BCUT2D eigenvalue weighted by Gasteiger charge is 2.34. The molecule has 1 aliphatic heterocycles. The second-order valence-electron chi connectivity index (χ2n) is 8.51. The van der Waals surface area contributed by atoms with Gasteiger partial charge in [0.2, 0.25) is 0 Å². The Labute approximate surface area is 197 Å². The van der Waals surface area contributed by atoms with Crippen LogP contribution in [0.4, 0.5) is 5.69 Å². The number of hydrogen-bond acceptors (Lipinski definition) is 6. The van der Waals surface area contributed by atoms with Crippen molar-refractivity contribution < 1.29 is 15.0 Å². The van der Waals surface area contributed by atoms with Gasteiger partial charge in [-0.05, 0) is 68.1 Å². The van der Waals surface area contributed by atoms with Crippen LogP contribution in [0.1, 0.15) is 45.3 Å². The molecule has 3 heterocycles. The number of aromatic hydroxyl groups is 2. The molecule has 2 N–H and O–H groups in total. The van der Waals surface area contributed by atoms with E-state index in [1.165, 1.54) is 18.2 Å². The zero-order chi connectivity index (χ0) is 23.8. The van der Waals surface area contributed by atoms with Crippen LogP contribution in [0.15, 0.2) is 67.1 Å². The SMILES string of the molecule is Cc1cnc(C)c(-c2ccc3c(c2)CCC(c2cccnc2)N3C(=O)c2ccc(O)cc2O)n1. The minimum absolute atomic E-state index is 0.101. The van der Waals surface area contributed by atoms with E-state index < -0.39 is 0 Å². The van der Waals surface area contributed by atoms with Crippen molar-refractivity contribution in [1.82, 2.24) is 15.0 Å². The van der Waals surface area contributed by atoms with E-state index in [1.54, 1.807) is 23.5 Å². The summed E-state index contributed by atoms with van der Waals surface area (Å²) in [4.78, 5) is 28.8. The zero-order valence-corrected chi connectivity index (χ0v) is 18.9. The second kappa shape index (κ2) is 8.59. The molecule has 2 aromatic heterocycles. The van der Waals surface area contributed by atoms with Crippen molar-refractivity contribution in [3.8, 4) is 22.8 Å². The highest BCUT2D eigenvalue weighted by molar-refractivity contribution is 6.09. The van der Waals surface area contributed by atoms with E-state index in [0.29, 0.717) is 6.42 Å². The number of aromatic nitrogens is 3. The maximum Gasteiger partial charge on any atom is 0.262 e. The Morgan fingerprint density at radius 3 is 2.68 bits per heavy atom. The lowest BCUT2D eigenvalue weighted by Crippen LogP contribution is -2.38. The number of carbonyl (C=O) groups is 1. The summed E-state index contributed by atoms with van der Waals surface area (Å²) in [7, 11) is 0. The molecule has 0 fully saturated rings. The maximum absolute atomic E-state index is 13.8. The van der Waals surface area contributed by atoms with E-state index in [1.807, 2.05) is 38.1 Å². The van der Waals surface area contributed by atoms with Crippen molar-refractivity contribution in [2.45, 2.75) is 32.7 Å². The first-order valence-electron chi connectivity index (χ1n) is 11.1. The molecule has 0 aliphatic carbocycles. The average Bonchev–Trinajstić information content (AvgIpc) is 2.84. The van der Waals surface area contributed by atoms with Gasteiger partial charge in [0.1, 0.15) is 11.5 Å². The number of carbonyl (C=O) groups excluding carboxylic acids is 1. The molecule has 34 heavy (non-hydrogen) atoms. The first kappa shape index (κ1) is 21.6. The van der Waals surface area contributed by atoms with Crippen LogP contribution in [0.2, 0.25) is 0 Å². The summed E-state index contributed by atoms with van der Waals surface area (Å²) in [5.74, 6) is -0.702. The van der Waals surface area contributed by atoms with Crippen molar-refractivity contribution in [3.63, 3.8) is 0 Å². The normalized spacial score (nSPS) is 15.1. The number of hydrogen-bond donors (Lipinski definition) is 2. The number of anilines is 1. The lowest BCUT2D eigenvalue weighted by atomic mass is 9.89. The van der Waals surface area contributed by atoms with E-state index >= 15 is 0 Å². The molecule has 1 amide bonds. The number of phenolic OH excluding ortho intramolecular Hbond substituents is 2. The van der Waals surface area contributed by atoms with Gasteiger partial charge in [-0.25, -0.2) is 4.98 Å². The molecule has 1 aliphatic rings. The molecule has 0 saturated carbocycles. The predicted octanol–water partition coefficient (Wildman–Crippen LogP) is 4.90. The number of aryl methyl sites for hydroxylation is 3. The summed E-state index contributed by atoms with van der Waals surface area (Å²) in [6.45, 7) is 3.85. The maximum atomic E-state index is 13.8. The van der Waals surface area contributed by atoms with Crippen molar-refractivity contribution in [2.75, 3.05) is 4.90 Å². The summed E-state index contributed by atoms with van der Waals surface area (Å²) in [5.41, 5.74) is 6.31. The fourth-order valence-corrected chi connectivity index (χ4v) is 4.54. The zero-order valence-electron chi connectivity index (χ0n) is 18.9. The molecular formula is C27H24N4O3. The van der Waals surface area contributed by atoms with Crippen molar-refractivity contribution in [2.24, 2.45) is 0 Å². The largest absolute Gasteiger partial charge is 0.508 e. The Hall–Kier alpha value is -4.26. The summed E-state index contributed by atoms with van der Waals surface area (Å²) in [5, 5.41) is 20.1. The monoisotopic (exact) mass is 452 g/mol. The molecular weight excluding hydrogens is 428 g/mol. The Morgan fingerprint density at radius 2 is 1.91 bits per heavy atom. The fourth-order valence-electron chi connectivity index (χ4n) is 4.54. The van der Waals surface area contributed by atoms with E-state index in [9.17, 15) is 15.0 Å². The highest BCUT2D eigenvalue weighted by atomic mass is 16.3. The van der Waals surface area contributed by atoms with E-state index in [4.69, 9.17) is 0 Å². The van der Waals surface area contributed by atoms with Gasteiger partial charge in [0.15, 0.2) is 0 Å². The minimum Gasteiger partial charge on any atom is -0.508 e. The minimum atomic E-state index is -0.341.